The summed E-state index contributed by atoms with van der Waals surface area (Å²) < 4.78 is 6.50. The van der Waals surface area contributed by atoms with Crippen LogP contribution in [0.2, 0.25) is 0 Å². The number of anilines is 1. The molecule has 0 aliphatic heterocycles. The number of hydrogen-bond acceptors (Lipinski definition) is 5. The summed E-state index contributed by atoms with van der Waals surface area (Å²) in [5, 5.41) is 11.4. The van der Waals surface area contributed by atoms with Crippen LogP contribution < -0.4 is 5.32 Å². The van der Waals surface area contributed by atoms with Crippen molar-refractivity contribution >= 4 is 28.6 Å². The van der Waals surface area contributed by atoms with Gasteiger partial charge in [-0.15, -0.1) is 5.10 Å². The summed E-state index contributed by atoms with van der Waals surface area (Å²) in [7, 11) is 0. The molecule has 7 heteroatoms. The van der Waals surface area contributed by atoms with Crippen LogP contribution >= 0.6 is 0 Å². The van der Waals surface area contributed by atoms with Crippen molar-refractivity contribution in [1.82, 2.24) is 15.0 Å². The fourth-order valence-electron chi connectivity index (χ4n) is 2.18. The fraction of sp³-hybridized carbons (Fsp3) is 0.176. The number of aliphatic imine (C=N–C) groups is 1. The molecular formula is C17H17N5O2. The SMILES string of the molecule is CCOC(=O)CN=C(Nc1ccccc1)n1nnc2ccccc21. The average Bonchev–Trinajstić information content (AvgIpc) is 3.04. The minimum atomic E-state index is -0.394. The predicted octanol–water partition coefficient (Wildman–Crippen LogP) is 2.31. The van der Waals surface area contributed by atoms with Gasteiger partial charge in [0.1, 0.15) is 12.1 Å². The number of aromatic nitrogens is 3. The normalized spacial score (nSPS) is 11.5. The molecule has 3 aromatic rings. The Kier molecular flexibility index (Phi) is 4.81. The third-order valence-electron chi connectivity index (χ3n) is 3.25. The van der Waals surface area contributed by atoms with Crippen molar-refractivity contribution in [3.63, 3.8) is 0 Å². The molecule has 0 atom stereocenters. The Labute approximate surface area is 139 Å². The number of carbonyl (C=O) groups excluding carboxylic acids is 1. The molecule has 1 aromatic heterocycles. The van der Waals surface area contributed by atoms with Crippen LogP contribution in [0.5, 0.6) is 0 Å². The molecule has 0 radical (unpaired) electrons. The van der Waals surface area contributed by atoms with E-state index in [-0.39, 0.29) is 6.54 Å². The van der Waals surface area contributed by atoms with Crippen molar-refractivity contribution in [2.45, 2.75) is 6.92 Å². The largest absolute Gasteiger partial charge is 0.465 e. The van der Waals surface area contributed by atoms with E-state index in [0.717, 1.165) is 16.7 Å². The van der Waals surface area contributed by atoms with Crippen molar-refractivity contribution in [3.05, 3.63) is 54.6 Å². The zero-order chi connectivity index (χ0) is 16.8. The van der Waals surface area contributed by atoms with E-state index >= 15 is 0 Å². The van der Waals surface area contributed by atoms with Crippen molar-refractivity contribution in [2.24, 2.45) is 4.99 Å². The Morgan fingerprint density at radius 1 is 1.17 bits per heavy atom. The van der Waals surface area contributed by atoms with Gasteiger partial charge in [-0.2, -0.15) is 4.68 Å². The minimum absolute atomic E-state index is 0.100. The lowest BCUT2D eigenvalue weighted by Crippen LogP contribution is -2.25. The number of ether oxygens (including phenoxy) is 1. The highest BCUT2D eigenvalue weighted by atomic mass is 16.5. The molecule has 7 nitrogen and oxygen atoms in total. The lowest BCUT2D eigenvalue weighted by atomic mass is 10.3. The molecule has 0 saturated heterocycles. The molecule has 2 aromatic carbocycles. The van der Waals surface area contributed by atoms with Gasteiger partial charge in [-0.3, -0.25) is 4.79 Å². The number of nitrogens with zero attached hydrogens (tertiary/aromatic N) is 4. The summed E-state index contributed by atoms with van der Waals surface area (Å²) in [4.78, 5) is 16.0. The molecule has 0 amide bonds. The van der Waals surface area contributed by atoms with Crippen molar-refractivity contribution in [3.8, 4) is 0 Å². The number of fused-ring (bicyclic) bond motifs is 1. The number of rotatable bonds is 4. The first kappa shape index (κ1) is 15.7. The van der Waals surface area contributed by atoms with Crippen LogP contribution in [0, 0.1) is 0 Å². The lowest BCUT2D eigenvalue weighted by molar-refractivity contribution is -0.141. The zero-order valence-electron chi connectivity index (χ0n) is 13.2. The third kappa shape index (κ3) is 3.57. The fourth-order valence-corrected chi connectivity index (χ4v) is 2.18. The number of benzene rings is 2. The van der Waals surface area contributed by atoms with Crippen LogP contribution in [0.3, 0.4) is 0 Å². The van der Waals surface area contributed by atoms with Crippen LogP contribution in [-0.2, 0) is 9.53 Å². The van der Waals surface area contributed by atoms with Gasteiger partial charge in [0.15, 0.2) is 0 Å². The predicted molar refractivity (Wildman–Crippen MR) is 91.9 cm³/mol. The summed E-state index contributed by atoms with van der Waals surface area (Å²) in [6.07, 6.45) is 0. The highest BCUT2D eigenvalue weighted by Crippen LogP contribution is 2.12. The molecule has 0 unspecified atom stereocenters. The second-order valence-corrected chi connectivity index (χ2v) is 4.93. The standard InChI is InChI=1S/C17H17N5O2/c1-2-24-16(23)12-18-17(19-13-8-4-3-5-9-13)22-15-11-7-6-10-14(15)20-21-22/h3-11H,2,12H2,1H3,(H,18,19). The Morgan fingerprint density at radius 3 is 2.71 bits per heavy atom. The number of hydrogen-bond donors (Lipinski definition) is 1. The quantitative estimate of drug-likeness (QED) is 0.453. The Bertz CT molecular complexity index is 858. The van der Waals surface area contributed by atoms with Gasteiger partial charge < -0.3 is 10.1 Å². The van der Waals surface area contributed by atoms with Gasteiger partial charge in [-0.05, 0) is 31.2 Å². The maximum atomic E-state index is 11.6. The molecule has 0 aliphatic rings. The summed E-state index contributed by atoms with van der Waals surface area (Å²) in [6, 6.07) is 17.1. The third-order valence-corrected chi connectivity index (χ3v) is 3.25. The molecule has 3 rings (SSSR count). The molecule has 0 bridgehead atoms. The van der Waals surface area contributed by atoms with E-state index in [4.69, 9.17) is 4.74 Å². The Hall–Kier alpha value is -3.22. The summed E-state index contributed by atoms with van der Waals surface area (Å²) in [5.74, 6) is 0.0113. The number of nitrogens with one attached hydrogen (secondary N) is 1. The van der Waals surface area contributed by atoms with Gasteiger partial charge >= 0.3 is 5.97 Å². The van der Waals surface area contributed by atoms with Crippen LogP contribution in [0.4, 0.5) is 5.69 Å². The van der Waals surface area contributed by atoms with Gasteiger partial charge in [-0.1, -0.05) is 35.5 Å². The van der Waals surface area contributed by atoms with E-state index in [1.54, 1.807) is 11.6 Å². The zero-order valence-corrected chi connectivity index (χ0v) is 13.2. The monoisotopic (exact) mass is 323 g/mol. The number of carbonyl (C=O) groups is 1. The highest BCUT2D eigenvalue weighted by molar-refractivity contribution is 6.00. The smallest absolute Gasteiger partial charge is 0.327 e. The van der Waals surface area contributed by atoms with Crippen molar-refractivity contribution in [2.75, 3.05) is 18.5 Å². The van der Waals surface area contributed by atoms with E-state index in [0.29, 0.717) is 12.6 Å². The minimum Gasteiger partial charge on any atom is -0.465 e. The molecule has 1 N–H and O–H groups in total. The average molecular weight is 323 g/mol. The highest BCUT2D eigenvalue weighted by Gasteiger charge is 2.11. The summed E-state index contributed by atoms with van der Waals surface area (Å²) >= 11 is 0. The molecule has 0 spiro atoms. The van der Waals surface area contributed by atoms with E-state index < -0.39 is 5.97 Å². The molecule has 1 heterocycles. The van der Waals surface area contributed by atoms with Crippen molar-refractivity contribution < 1.29 is 9.53 Å². The van der Waals surface area contributed by atoms with Crippen LogP contribution in [-0.4, -0.2) is 40.1 Å². The van der Waals surface area contributed by atoms with E-state index in [1.165, 1.54) is 0 Å². The Balaban J connectivity index is 1.95. The molecule has 24 heavy (non-hydrogen) atoms. The van der Waals surface area contributed by atoms with Crippen molar-refractivity contribution in [1.29, 1.82) is 0 Å². The Morgan fingerprint density at radius 2 is 1.92 bits per heavy atom. The molecule has 0 saturated carbocycles. The topological polar surface area (TPSA) is 81.4 Å². The van der Waals surface area contributed by atoms with Gasteiger partial charge in [-0.25, -0.2) is 4.99 Å². The van der Waals surface area contributed by atoms with E-state index in [9.17, 15) is 4.79 Å². The molecule has 122 valence electrons. The number of esters is 1. The van der Waals surface area contributed by atoms with E-state index in [1.807, 2.05) is 54.6 Å². The summed E-state index contributed by atoms with van der Waals surface area (Å²) in [6.45, 7) is 1.98. The van der Waals surface area contributed by atoms with Gasteiger partial charge in [0.05, 0.1) is 12.1 Å². The van der Waals surface area contributed by atoms with Gasteiger partial charge in [0.25, 0.3) is 0 Å². The second kappa shape index (κ2) is 7.36. The van der Waals surface area contributed by atoms with Crippen LogP contribution in [0.15, 0.2) is 59.6 Å². The lowest BCUT2D eigenvalue weighted by Gasteiger charge is -2.10. The molecular weight excluding hydrogens is 306 g/mol. The maximum absolute atomic E-state index is 11.6. The van der Waals surface area contributed by atoms with Gasteiger partial charge in [0, 0.05) is 5.69 Å². The van der Waals surface area contributed by atoms with E-state index in [2.05, 4.69) is 20.6 Å². The molecule has 0 aliphatic carbocycles. The first-order chi connectivity index (χ1) is 11.8. The summed E-state index contributed by atoms with van der Waals surface area (Å²) in [5.41, 5.74) is 2.37. The van der Waals surface area contributed by atoms with Gasteiger partial charge in [0.2, 0.25) is 5.96 Å². The first-order valence-corrected chi connectivity index (χ1v) is 7.61. The first-order valence-electron chi connectivity index (χ1n) is 7.61. The second-order valence-electron chi connectivity index (χ2n) is 4.93. The van der Waals surface area contributed by atoms with Crippen LogP contribution in [0.25, 0.3) is 11.0 Å². The number of para-hydroxylation sites is 2. The molecule has 0 fully saturated rings. The van der Waals surface area contributed by atoms with Crippen LogP contribution in [0.1, 0.15) is 6.92 Å². The maximum Gasteiger partial charge on any atom is 0.327 e.